The smallest absolute Gasteiger partial charge is 0.330 e. The first-order valence-electron chi connectivity index (χ1n) is 5.81. The summed E-state index contributed by atoms with van der Waals surface area (Å²) in [6.07, 6.45) is 2.20. The van der Waals surface area contributed by atoms with Crippen molar-refractivity contribution >= 4 is 29.4 Å². The Hall–Kier alpha value is -2.31. The van der Waals surface area contributed by atoms with Crippen LogP contribution in [0.2, 0.25) is 0 Å². The van der Waals surface area contributed by atoms with E-state index in [4.69, 9.17) is 0 Å². The Kier molecular flexibility index (Phi) is 3.55. The lowest BCUT2D eigenvalue weighted by molar-refractivity contribution is -0.197. The number of amides is 2. The molecule has 2 rings (SSSR count). The molecule has 0 N–H and O–H groups in total. The Labute approximate surface area is 108 Å². The fourth-order valence-corrected chi connectivity index (χ4v) is 1.89. The van der Waals surface area contributed by atoms with E-state index in [9.17, 15) is 24.0 Å². The van der Waals surface area contributed by atoms with Gasteiger partial charge in [-0.15, -0.1) is 5.06 Å². The van der Waals surface area contributed by atoms with E-state index in [1.54, 1.807) is 0 Å². The number of hydroxylamine groups is 2. The highest BCUT2D eigenvalue weighted by atomic mass is 16.7. The van der Waals surface area contributed by atoms with Crippen molar-refractivity contribution in [3.05, 3.63) is 12.2 Å². The normalized spacial score (nSPS) is 19.7. The summed E-state index contributed by atoms with van der Waals surface area (Å²) < 4.78 is 0. The second-order valence-corrected chi connectivity index (χ2v) is 4.27. The lowest BCUT2D eigenvalue weighted by Crippen LogP contribution is -2.32. The van der Waals surface area contributed by atoms with Crippen molar-refractivity contribution in [2.45, 2.75) is 25.7 Å². The number of imide groups is 1. The van der Waals surface area contributed by atoms with Crippen molar-refractivity contribution in [1.29, 1.82) is 0 Å². The van der Waals surface area contributed by atoms with Gasteiger partial charge in [0.25, 0.3) is 11.8 Å². The number of hydrogen-bond acceptors (Lipinski definition) is 6. The highest BCUT2D eigenvalue weighted by Crippen LogP contribution is 2.18. The molecule has 1 heterocycles. The molecule has 7 heteroatoms. The quantitative estimate of drug-likeness (QED) is 0.511. The monoisotopic (exact) mass is 265 g/mol. The number of nitrogens with zero attached hydrogens (tertiary/aromatic N) is 1. The number of allylic oxidation sites excluding steroid dienone is 2. The van der Waals surface area contributed by atoms with Gasteiger partial charge >= 0.3 is 5.97 Å². The maximum atomic E-state index is 11.4. The van der Waals surface area contributed by atoms with Gasteiger partial charge in [-0.3, -0.25) is 19.2 Å². The van der Waals surface area contributed by atoms with E-state index in [1.165, 1.54) is 12.2 Å². The molecule has 1 aliphatic carbocycles. The minimum Gasteiger partial charge on any atom is -0.330 e. The number of carbonyl (C=O) groups is 5. The Balaban J connectivity index is 1.82. The van der Waals surface area contributed by atoms with E-state index in [-0.39, 0.29) is 37.2 Å². The van der Waals surface area contributed by atoms with Crippen molar-refractivity contribution in [2.75, 3.05) is 0 Å². The maximum Gasteiger partial charge on any atom is 0.333 e. The predicted octanol–water partition coefficient (Wildman–Crippen LogP) is -0.302. The number of ketones is 2. The van der Waals surface area contributed by atoms with E-state index < -0.39 is 23.7 Å². The standard InChI is InChI=1S/C12H11NO6/c14-8-2-3-9(15)7(8)1-6-12(18)19-13-10(16)4-5-11(13)17/h2-3,7H,1,4-6H2. The summed E-state index contributed by atoms with van der Waals surface area (Å²) in [6.45, 7) is 0. The summed E-state index contributed by atoms with van der Waals surface area (Å²) in [5.41, 5.74) is 0. The number of hydrogen-bond donors (Lipinski definition) is 0. The molecule has 0 unspecified atom stereocenters. The third-order valence-electron chi connectivity index (χ3n) is 2.93. The molecule has 19 heavy (non-hydrogen) atoms. The average Bonchev–Trinajstić information content (AvgIpc) is 2.84. The summed E-state index contributed by atoms with van der Waals surface area (Å²) >= 11 is 0. The third kappa shape index (κ3) is 2.75. The van der Waals surface area contributed by atoms with Crippen LogP contribution in [-0.4, -0.2) is 34.4 Å². The van der Waals surface area contributed by atoms with E-state index in [0.29, 0.717) is 5.06 Å². The van der Waals surface area contributed by atoms with Gasteiger partial charge in [0.05, 0.1) is 5.92 Å². The second kappa shape index (κ2) is 5.13. The molecule has 0 aromatic carbocycles. The molecule has 0 aromatic rings. The zero-order valence-corrected chi connectivity index (χ0v) is 9.96. The minimum absolute atomic E-state index is 0.0136. The molecule has 100 valence electrons. The number of carbonyl (C=O) groups excluding carboxylic acids is 5. The largest absolute Gasteiger partial charge is 0.333 e. The summed E-state index contributed by atoms with van der Waals surface area (Å²) in [5.74, 6) is -3.47. The van der Waals surface area contributed by atoms with Crippen LogP contribution in [0.15, 0.2) is 12.2 Å². The second-order valence-electron chi connectivity index (χ2n) is 4.27. The molecule has 0 radical (unpaired) electrons. The van der Waals surface area contributed by atoms with Crippen LogP contribution in [0.25, 0.3) is 0 Å². The first-order valence-corrected chi connectivity index (χ1v) is 5.81. The molecule has 0 aromatic heterocycles. The summed E-state index contributed by atoms with van der Waals surface area (Å²) in [4.78, 5) is 61.0. The fraction of sp³-hybridized carbons (Fsp3) is 0.417. The van der Waals surface area contributed by atoms with Gasteiger partial charge < -0.3 is 4.84 Å². The molecule has 0 bridgehead atoms. The molecular weight excluding hydrogens is 254 g/mol. The van der Waals surface area contributed by atoms with Crippen LogP contribution in [0.5, 0.6) is 0 Å². The third-order valence-corrected chi connectivity index (χ3v) is 2.93. The van der Waals surface area contributed by atoms with E-state index >= 15 is 0 Å². The van der Waals surface area contributed by atoms with Gasteiger partial charge in [0.15, 0.2) is 11.6 Å². The lowest BCUT2D eigenvalue weighted by atomic mass is 9.99. The first-order chi connectivity index (χ1) is 8.99. The number of rotatable bonds is 4. The highest BCUT2D eigenvalue weighted by Gasteiger charge is 2.34. The van der Waals surface area contributed by atoms with Crippen molar-refractivity contribution in [3.63, 3.8) is 0 Å². The van der Waals surface area contributed by atoms with Crippen LogP contribution in [0.1, 0.15) is 25.7 Å². The van der Waals surface area contributed by atoms with E-state index in [1.807, 2.05) is 0 Å². The fourth-order valence-electron chi connectivity index (χ4n) is 1.89. The molecule has 0 spiro atoms. The Morgan fingerprint density at radius 3 is 2.16 bits per heavy atom. The van der Waals surface area contributed by atoms with Crippen molar-refractivity contribution in [3.8, 4) is 0 Å². The topological polar surface area (TPSA) is 97.8 Å². The SMILES string of the molecule is O=C(CCC1C(=O)C=CC1=O)ON1C(=O)CCC1=O. The van der Waals surface area contributed by atoms with Crippen LogP contribution in [0.3, 0.4) is 0 Å². The minimum atomic E-state index is -0.850. The van der Waals surface area contributed by atoms with Gasteiger partial charge in [0, 0.05) is 19.3 Å². The van der Waals surface area contributed by atoms with Gasteiger partial charge in [-0.05, 0) is 18.6 Å². The molecule has 7 nitrogen and oxygen atoms in total. The van der Waals surface area contributed by atoms with Crippen LogP contribution in [0.4, 0.5) is 0 Å². The zero-order valence-electron chi connectivity index (χ0n) is 9.96. The first kappa shape index (κ1) is 13.1. The van der Waals surface area contributed by atoms with Crippen LogP contribution in [0, 0.1) is 5.92 Å². The Morgan fingerprint density at radius 2 is 1.63 bits per heavy atom. The zero-order chi connectivity index (χ0) is 14.0. The summed E-state index contributed by atoms with van der Waals surface area (Å²) in [7, 11) is 0. The molecule has 2 amide bonds. The van der Waals surface area contributed by atoms with Gasteiger partial charge in [-0.1, -0.05) is 0 Å². The van der Waals surface area contributed by atoms with Crippen LogP contribution in [-0.2, 0) is 28.8 Å². The van der Waals surface area contributed by atoms with Crippen molar-refractivity contribution in [2.24, 2.45) is 5.92 Å². The van der Waals surface area contributed by atoms with Crippen LogP contribution < -0.4 is 0 Å². The highest BCUT2D eigenvalue weighted by molar-refractivity contribution is 6.18. The van der Waals surface area contributed by atoms with Gasteiger partial charge in [0.2, 0.25) is 0 Å². The molecule has 0 saturated carbocycles. The van der Waals surface area contributed by atoms with Gasteiger partial charge in [0.1, 0.15) is 0 Å². The van der Waals surface area contributed by atoms with Crippen molar-refractivity contribution in [1.82, 2.24) is 5.06 Å². The molecule has 1 saturated heterocycles. The van der Waals surface area contributed by atoms with E-state index in [2.05, 4.69) is 4.84 Å². The summed E-state index contributed by atoms with van der Waals surface area (Å²) in [5, 5.41) is 0.443. The molecule has 0 atom stereocenters. The lowest BCUT2D eigenvalue weighted by Gasteiger charge is -2.13. The molecule has 1 aliphatic heterocycles. The average molecular weight is 265 g/mol. The van der Waals surface area contributed by atoms with Gasteiger partial charge in [-0.25, -0.2) is 4.79 Å². The maximum absolute atomic E-state index is 11.4. The molecule has 2 aliphatic rings. The molecular formula is C12H11NO6. The Morgan fingerprint density at radius 1 is 1.11 bits per heavy atom. The molecule has 1 fully saturated rings. The predicted molar refractivity (Wildman–Crippen MR) is 59.1 cm³/mol. The van der Waals surface area contributed by atoms with Crippen LogP contribution >= 0.6 is 0 Å². The Bertz CT molecular complexity index is 472. The van der Waals surface area contributed by atoms with Gasteiger partial charge in [-0.2, -0.15) is 0 Å². The van der Waals surface area contributed by atoms with Crippen molar-refractivity contribution < 1.29 is 28.8 Å². The summed E-state index contributed by atoms with van der Waals surface area (Å²) in [6, 6.07) is 0. The van der Waals surface area contributed by atoms with E-state index in [0.717, 1.165) is 0 Å².